The van der Waals surface area contributed by atoms with E-state index in [0.717, 1.165) is 6.08 Å². The summed E-state index contributed by atoms with van der Waals surface area (Å²) in [5, 5.41) is 0. The summed E-state index contributed by atoms with van der Waals surface area (Å²) in [4.78, 5) is 53.5. The average Bonchev–Trinajstić information content (AvgIpc) is 2.68. The number of hydrogen-bond acceptors (Lipinski definition) is 5. The number of aromatic amines is 2. The van der Waals surface area contributed by atoms with Crippen LogP contribution in [-0.4, -0.2) is 21.7 Å². The molecule has 0 atom stereocenters. The molecule has 28 heavy (non-hydrogen) atoms. The maximum absolute atomic E-state index is 12.8. The van der Waals surface area contributed by atoms with Gasteiger partial charge in [0, 0.05) is 11.6 Å². The summed E-state index contributed by atoms with van der Waals surface area (Å²) < 4.78 is 5.17. The third kappa shape index (κ3) is 4.21. The van der Waals surface area contributed by atoms with Crippen molar-refractivity contribution in [2.24, 2.45) is 0 Å². The Hall–Kier alpha value is -4.00. The predicted octanol–water partition coefficient (Wildman–Crippen LogP) is 2.30. The van der Waals surface area contributed by atoms with Gasteiger partial charge >= 0.3 is 11.7 Å². The molecule has 0 radical (unpaired) electrons. The second-order valence-electron chi connectivity index (χ2n) is 5.91. The van der Waals surface area contributed by atoms with Gasteiger partial charge in [0.15, 0.2) is 0 Å². The van der Waals surface area contributed by atoms with E-state index in [1.54, 1.807) is 60.7 Å². The Labute approximate surface area is 159 Å². The Balaban J connectivity index is 2.01. The first-order valence-electron chi connectivity index (χ1n) is 8.37. The molecule has 1 heterocycles. The molecule has 3 aromatic rings. The zero-order valence-corrected chi connectivity index (χ0v) is 14.9. The molecule has 0 spiro atoms. The molecule has 0 saturated carbocycles. The molecule has 0 saturated heterocycles. The van der Waals surface area contributed by atoms with Gasteiger partial charge in [0.05, 0.1) is 5.56 Å². The van der Waals surface area contributed by atoms with Gasteiger partial charge in [-0.3, -0.25) is 14.6 Å². The molecule has 2 aromatic carbocycles. The average molecular weight is 376 g/mol. The van der Waals surface area contributed by atoms with Crippen molar-refractivity contribution in [1.82, 2.24) is 9.97 Å². The number of hydrogen-bond donors (Lipinski definition) is 2. The number of nitrogens with one attached hydrogen (secondary N) is 2. The van der Waals surface area contributed by atoms with Gasteiger partial charge in [-0.25, -0.2) is 9.59 Å². The number of esters is 1. The lowest BCUT2D eigenvalue weighted by Gasteiger charge is -2.08. The zero-order chi connectivity index (χ0) is 20.1. The van der Waals surface area contributed by atoms with Gasteiger partial charge < -0.3 is 9.72 Å². The van der Waals surface area contributed by atoms with E-state index in [1.807, 2.05) is 0 Å². The molecule has 0 bridgehead atoms. The van der Waals surface area contributed by atoms with Crippen molar-refractivity contribution in [3.63, 3.8) is 0 Å². The second kappa shape index (κ2) is 8.13. The first-order valence-corrected chi connectivity index (χ1v) is 8.37. The van der Waals surface area contributed by atoms with Crippen LogP contribution in [0.3, 0.4) is 0 Å². The zero-order valence-electron chi connectivity index (χ0n) is 14.9. The van der Waals surface area contributed by atoms with Crippen LogP contribution in [0.1, 0.15) is 28.5 Å². The number of aromatic nitrogens is 2. The van der Waals surface area contributed by atoms with Crippen molar-refractivity contribution >= 4 is 17.3 Å². The molecule has 0 aliphatic carbocycles. The van der Waals surface area contributed by atoms with Crippen LogP contribution in [0.25, 0.3) is 5.57 Å². The van der Waals surface area contributed by atoms with E-state index in [2.05, 4.69) is 9.97 Å². The lowest BCUT2D eigenvalue weighted by molar-refractivity contribution is -0.128. The topological polar surface area (TPSA) is 109 Å². The quantitative estimate of drug-likeness (QED) is 0.307. The van der Waals surface area contributed by atoms with Crippen LogP contribution in [0.5, 0.6) is 5.75 Å². The summed E-state index contributed by atoms with van der Waals surface area (Å²) in [6.07, 6.45) is 1.09. The van der Waals surface area contributed by atoms with Crippen molar-refractivity contribution < 1.29 is 14.3 Å². The third-order valence-electron chi connectivity index (χ3n) is 3.90. The van der Waals surface area contributed by atoms with Crippen LogP contribution in [0.4, 0.5) is 0 Å². The van der Waals surface area contributed by atoms with E-state index in [0.29, 0.717) is 11.3 Å². The number of benzene rings is 2. The van der Waals surface area contributed by atoms with Gasteiger partial charge in [-0.15, -0.1) is 0 Å². The number of carbonyl (C=O) groups excluding carboxylic acids is 2. The molecule has 2 N–H and O–H groups in total. The summed E-state index contributed by atoms with van der Waals surface area (Å²) in [5.41, 5.74) is -1.40. The molecule has 140 valence electrons. The fourth-order valence-electron chi connectivity index (χ4n) is 2.65. The van der Waals surface area contributed by atoms with E-state index in [4.69, 9.17) is 4.74 Å². The highest BCUT2D eigenvalue weighted by Gasteiger charge is 2.20. The fraction of sp³-hybridized carbons (Fsp3) is 0.0476. The Bertz CT molecular complexity index is 1160. The van der Waals surface area contributed by atoms with Crippen LogP contribution < -0.4 is 16.0 Å². The van der Waals surface area contributed by atoms with Crippen molar-refractivity contribution in [1.29, 1.82) is 0 Å². The monoisotopic (exact) mass is 376 g/mol. The van der Waals surface area contributed by atoms with E-state index in [9.17, 15) is 19.2 Å². The SMILES string of the molecule is C/C(=C\C(=O)Oc1ccccc1)c1c(C(=O)c2ccccc2)[nH]c(=O)[nH]c1=O. The molecule has 7 nitrogen and oxygen atoms in total. The summed E-state index contributed by atoms with van der Waals surface area (Å²) in [6, 6.07) is 16.6. The molecule has 0 aliphatic rings. The molecular formula is C21H16N2O5. The van der Waals surface area contributed by atoms with Gasteiger partial charge in [-0.1, -0.05) is 48.5 Å². The molecule has 1 aromatic heterocycles. The highest BCUT2D eigenvalue weighted by Crippen LogP contribution is 2.17. The normalized spacial score (nSPS) is 11.1. The minimum Gasteiger partial charge on any atom is -0.423 e. The Morgan fingerprint density at radius 3 is 2.14 bits per heavy atom. The van der Waals surface area contributed by atoms with Crippen LogP contribution in [0.15, 0.2) is 76.3 Å². The van der Waals surface area contributed by atoms with E-state index in [1.165, 1.54) is 6.92 Å². The molecule has 3 rings (SSSR count). The summed E-state index contributed by atoms with van der Waals surface area (Å²) in [7, 11) is 0. The van der Waals surface area contributed by atoms with Gasteiger partial charge in [-0.2, -0.15) is 0 Å². The van der Waals surface area contributed by atoms with Crippen LogP contribution >= 0.6 is 0 Å². The van der Waals surface area contributed by atoms with Crippen molar-refractivity contribution in [3.8, 4) is 5.75 Å². The lowest BCUT2D eigenvalue weighted by atomic mass is 10.00. The third-order valence-corrected chi connectivity index (χ3v) is 3.90. The number of para-hydroxylation sites is 1. The first-order chi connectivity index (χ1) is 13.5. The molecule has 0 unspecified atom stereocenters. The summed E-state index contributed by atoms with van der Waals surface area (Å²) in [5.74, 6) is -0.914. The lowest BCUT2D eigenvalue weighted by Crippen LogP contribution is -2.30. The Kier molecular flexibility index (Phi) is 5.45. The number of ether oxygens (including phenoxy) is 1. The van der Waals surface area contributed by atoms with Crippen molar-refractivity contribution in [2.75, 3.05) is 0 Å². The number of H-pyrrole nitrogens is 2. The van der Waals surface area contributed by atoms with Gasteiger partial charge in [-0.05, 0) is 24.6 Å². The highest BCUT2D eigenvalue weighted by atomic mass is 16.5. The predicted molar refractivity (Wildman–Crippen MR) is 103 cm³/mol. The van der Waals surface area contributed by atoms with Crippen LogP contribution in [-0.2, 0) is 4.79 Å². The molecule has 7 heteroatoms. The minimum absolute atomic E-state index is 0.0986. The van der Waals surface area contributed by atoms with Gasteiger partial charge in [0.2, 0.25) is 5.78 Å². The second-order valence-corrected chi connectivity index (χ2v) is 5.91. The Morgan fingerprint density at radius 1 is 0.893 bits per heavy atom. The van der Waals surface area contributed by atoms with E-state index >= 15 is 0 Å². The van der Waals surface area contributed by atoms with Gasteiger partial charge in [0.1, 0.15) is 11.4 Å². The number of allylic oxidation sites excluding steroid dienone is 1. The van der Waals surface area contributed by atoms with Gasteiger partial charge in [0.25, 0.3) is 5.56 Å². The standard InChI is InChI=1S/C21H16N2O5/c1-13(12-16(24)28-15-10-6-3-7-11-15)17-18(22-21(27)23-20(17)26)19(25)14-8-4-2-5-9-14/h2-12H,1H3,(H2,22,23,26,27)/b13-12+. The molecular weight excluding hydrogens is 360 g/mol. The largest absolute Gasteiger partial charge is 0.423 e. The van der Waals surface area contributed by atoms with Crippen LogP contribution in [0.2, 0.25) is 0 Å². The van der Waals surface area contributed by atoms with E-state index < -0.39 is 23.0 Å². The maximum atomic E-state index is 12.8. The number of rotatable bonds is 5. The number of ketones is 1. The fourth-order valence-corrected chi connectivity index (χ4v) is 2.65. The van der Waals surface area contributed by atoms with Crippen molar-refractivity contribution in [3.05, 3.63) is 104 Å². The maximum Gasteiger partial charge on any atom is 0.336 e. The summed E-state index contributed by atoms with van der Waals surface area (Å²) >= 11 is 0. The van der Waals surface area contributed by atoms with E-state index in [-0.39, 0.29) is 16.8 Å². The van der Waals surface area contributed by atoms with Crippen LogP contribution in [0, 0.1) is 0 Å². The highest BCUT2D eigenvalue weighted by molar-refractivity contribution is 6.10. The molecule has 0 fully saturated rings. The first kappa shape index (κ1) is 18.8. The minimum atomic E-state index is -0.812. The smallest absolute Gasteiger partial charge is 0.336 e. The Morgan fingerprint density at radius 2 is 1.50 bits per heavy atom. The van der Waals surface area contributed by atoms with Crippen molar-refractivity contribution in [2.45, 2.75) is 6.92 Å². The molecule has 0 aliphatic heterocycles. The molecule has 0 amide bonds. The number of carbonyl (C=O) groups is 2. The summed E-state index contributed by atoms with van der Waals surface area (Å²) in [6.45, 7) is 1.48.